The molecule has 1 aliphatic heterocycles. The summed E-state index contributed by atoms with van der Waals surface area (Å²) in [5.41, 5.74) is 1.63. The van der Waals surface area contributed by atoms with Gasteiger partial charge in [-0.1, -0.05) is 20.8 Å². The molecule has 1 fully saturated rings. The Balaban J connectivity index is 0.00000162. The third-order valence-electron chi connectivity index (χ3n) is 3.36. The molecule has 5 heteroatoms. The van der Waals surface area contributed by atoms with Gasteiger partial charge in [-0.25, -0.2) is 0 Å². The zero-order valence-electron chi connectivity index (χ0n) is 11.9. The van der Waals surface area contributed by atoms with Crippen LogP contribution < -0.4 is 5.32 Å². The van der Waals surface area contributed by atoms with E-state index in [4.69, 9.17) is 0 Å². The molecular weight excluding hydrogens is 281 g/mol. The van der Waals surface area contributed by atoms with Crippen molar-refractivity contribution in [3.63, 3.8) is 0 Å². The van der Waals surface area contributed by atoms with E-state index >= 15 is 0 Å². The SMILES string of the molecule is CC(C)(C)[C@H](c1ccncc1)N1CCNCC1.Cl.Cl. The van der Waals surface area contributed by atoms with Gasteiger partial charge >= 0.3 is 0 Å². The first-order valence-electron chi connectivity index (χ1n) is 6.44. The summed E-state index contributed by atoms with van der Waals surface area (Å²) in [6.45, 7) is 11.4. The van der Waals surface area contributed by atoms with Gasteiger partial charge in [-0.05, 0) is 23.1 Å². The molecule has 1 aliphatic rings. The summed E-state index contributed by atoms with van der Waals surface area (Å²) in [7, 11) is 0. The van der Waals surface area contributed by atoms with Crippen molar-refractivity contribution in [2.45, 2.75) is 26.8 Å². The summed E-state index contributed by atoms with van der Waals surface area (Å²) in [4.78, 5) is 6.71. The normalized spacial score (nSPS) is 18.1. The van der Waals surface area contributed by atoms with Gasteiger partial charge in [0.1, 0.15) is 0 Å². The minimum Gasteiger partial charge on any atom is -0.314 e. The Hall–Kier alpha value is -0.350. The highest BCUT2D eigenvalue weighted by atomic mass is 35.5. The molecular formula is C14H25Cl2N3. The number of piperazine rings is 1. The van der Waals surface area contributed by atoms with Gasteiger partial charge in [-0.15, -0.1) is 24.8 Å². The topological polar surface area (TPSA) is 28.2 Å². The molecule has 1 saturated heterocycles. The van der Waals surface area contributed by atoms with Gasteiger partial charge in [0.15, 0.2) is 0 Å². The van der Waals surface area contributed by atoms with Crippen LogP contribution in [0.2, 0.25) is 0 Å². The van der Waals surface area contributed by atoms with Crippen molar-refractivity contribution in [3.8, 4) is 0 Å². The van der Waals surface area contributed by atoms with Crippen molar-refractivity contribution in [2.24, 2.45) is 5.41 Å². The van der Waals surface area contributed by atoms with Crippen molar-refractivity contribution in [1.82, 2.24) is 15.2 Å². The Morgan fingerprint density at radius 3 is 2.11 bits per heavy atom. The molecule has 0 spiro atoms. The fraction of sp³-hybridized carbons (Fsp3) is 0.643. The molecule has 0 aliphatic carbocycles. The van der Waals surface area contributed by atoms with Crippen molar-refractivity contribution in [3.05, 3.63) is 30.1 Å². The number of nitrogens with zero attached hydrogens (tertiary/aromatic N) is 2. The van der Waals surface area contributed by atoms with Crippen molar-refractivity contribution in [2.75, 3.05) is 26.2 Å². The number of hydrogen-bond acceptors (Lipinski definition) is 3. The quantitative estimate of drug-likeness (QED) is 0.910. The molecule has 0 radical (unpaired) electrons. The number of aromatic nitrogens is 1. The Labute approximate surface area is 129 Å². The van der Waals surface area contributed by atoms with Gasteiger partial charge in [-0.3, -0.25) is 9.88 Å². The molecule has 2 rings (SSSR count). The van der Waals surface area contributed by atoms with Crippen molar-refractivity contribution < 1.29 is 0 Å². The van der Waals surface area contributed by atoms with E-state index in [9.17, 15) is 0 Å². The Kier molecular flexibility index (Phi) is 7.90. The lowest BCUT2D eigenvalue weighted by atomic mass is 9.81. The van der Waals surface area contributed by atoms with Crippen LogP contribution in [0.5, 0.6) is 0 Å². The van der Waals surface area contributed by atoms with E-state index in [0.717, 1.165) is 26.2 Å². The maximum atomic E-state index is 4.12. The predicted octanol–water partition coefficient (Wildman–Crippen LogP) is 2.92. The molecule has 3 nitrogen and oxygen atoms in total. The highest BCUT2D eigenvalue weighted by Gasteiger charge is 2.32. The predicted molar refractivity (Wildman–Crippen MR) is 85.4 cm³/mol. The minimum absolute atomic E-state index is 0. The lowest BCUT2D eigenvalue weighted by Crippen LogP contribution is -2.48. The van der Waals surface area contributed by atoms with Gasteiger partial charge < -0.3 is 5.32 Å². The molecule has 0 saturated carbocycles. The molecule has 0 unspecified atom stereocenters. The minimum atomic E-state index is 0. The standard InChI is InChI=1S/C14H23N3.2ClH/c1-14(2,3)13(12-4-6-15-7-5-12)17-10-8-16-9-11-17;;/h4-7,13,16H,8-11H2,1-3H3;2*1H/t13-;;/m0../s1. The van der Waals surface area contributed by atoms with E-state index in [1.165, 1.54) is 5.56 Å². The van der Waals surface area contributed by atoms with E-state index in [0.29, 0.717) is 6.04 Å². The molecule has 1 aromatic rings. The Bertz CT molecular complexity index is 345. The summed E-state index contributed by atoms with van der Waals surface area (Å²) < 4.78 is 0. The number of rotatable bonds is 2. The molecule has 0 amide bonds. The fourth-order valence-corrected chi connectivity index (χ4v) is 2.74. The molecule has 2 heterocycles. The van der Waals surface area contributed by atoms with Crippen LogP contribution in [-0.2, 0) is 0 Å². The van der Waals surface area contributed by atoms with Crippen LogP contribution in [-0.4, -0.2) is 36.1 Å². The lowest BCUT2D eigenvalue weighted by Gasteiger charge is -2.42. The molecule has 1 N–H and O–H groups in total. The summed E-state index contributed by atoms with van der Waals surface area (Å²) >= 11 is 0. The summed E-state index contributed by atoms with van der Waals surface area (Å²) in [5, 5.41) is 3.42. The zero-order chi connectivity index (χ0) is 12.3. The van der Waals surface area contributed by atoms with Crippen LogP contribution >= 0.6 is 24.8 Å². The summed E-state index contributed by atoms with van der Waals surface area (Å²) in [6.07, 6.45) is 3.80. The molecule has 0 aromatic carbocycles. The average molecular weight is 306 g/mol. The van der Waals surface area contributed by atoms with Crippen LogP contribution in [0.15, 0.2) is 24.5 Å². The van der Waals surface area contributed by atoms with Gasteiger partial charge in [0.25, 0.3) is 0 Å². The van der Waals surface area contributed by atoms with Crippen LogP contribution in [0.25, 0.3) is 0 Å². The molecule has 1 atom stereocenters. The summed E-state index contributed by atoms with van der Waals surface area (Å²) in [6, 6.07) is 4.78. The third kappa shape index (κ3) is 4.92. The lowest BCUT2D eigenvalue weighted by molar-refractivity contribution is 0.0862. The van der Waals surface area contributed by atoms with Crippen molar-refractivity contribution in [1.29, 1.82) is 0 Å². The first-order chi connectivity index (χ1) is 8.09. The van der Waals surface area contributed by atoms with E-state index < -0.39 is 0 Å². The first kappa shape index (κ1) is 18.7. The smallest absolute Gasteiger partial charge is 0.0398 e. The zero-order valence-corrected chi connectivity index (χ0v) is 13.6. The fourth-order valence-electron chi connectivity index (χ4n) is 2.74. The highest BCUT2D eigenvalue weighted by Crippen LogP contribution is 2.37. The highest BCUT2D eigenvalue weighted by molar-refractivity contribution is 5.85. The van der Waals surface area contributed by atoms with Crippen LogP contribution in [0.1, 0.15) is 32.4 Å². The van der Waals surface area contributed by atoms with E-state index in [1.807, 2.05) is 12.4 Å². The molecule has 0 bridgehead atoms. The molecule has 1 aromatic heterocycles. The van der Waals surface area contributed by atoms with E-state index in [-0.39, 0.29) is 30.2 Å². The second-order valence-electron chi connectivity index (χ2n) is 5.84. The monoisotopic (exact) mass is 305 g/mol. The van der Waals surface area contributed by atoms with Gasteiger partial charge in [0.05, 0.1) is 0 Å². The van der Waals surface area contributed by atoms with Crippen LogP contribution in [0.3, 0.4) is 0 Å². The van der Waals surface area contributed by atoms with Crippen LogP contribution in [0, 0.1) is 5.41 Å². The van der Waals surface area contributed by atoms with Gasteiger partial charge in [0.2, 0.25) is 0 Å². The van der Waals surface area contributed by atoms with Gasteiger partial charge in [0, 0.05) is 44.6 Å². The number of pyridine rings is 1. The van der Waals surface area contributed by atoms with E-state index in [2.05, 4.69) is 48.1 Å². The summed E-state index contributed by atoms with van der Waals surface area (Å²) in [5.74, 6) is 0. The molecule has 110 valence electrons. The number of nitrogens with one attached hydrogen (secondary N) is 1. The maximum absolute atomic E-state index is 4.12. The van der Waals surface area contributed by atoms with E-state index in [1.54, 1.807) is 0 Å². The van der Waals surface area contributed by atoms with Crippen LogP contribution in [0.4, 0.5) is 0 Å². The second kappa shape index (κ2) is 8.05. The van der Waals surface area contributed by atoms with Crippen molar-refractivity contribution >= 4 is 24.8 Å². The second-order valence-corrected chi connectivity index (χ2v) is 5.84. The average Bonchev–Trinajstić information content (AvgIpc) is 2.30. The first-order valence-corrected chi connectivity index (χ1v) is 6.44. The largest absolute Gasteiger partial charge is 0.314 e. The molecule has 19 heavy (non-hydrogen) atoms. The Morgan fingerprint density at radius 2 is 1.63 bits per heavy atom. The maximum Gasteiger partial charge on any atom is 0.0398 e. The van der Waals surface area contributed by atoms with Gasteiger partial charge in [-0.2, -0.15) is 0 Å². The third-order valence-corrected chi connectivity index (χ3v) is 3.36. The Morgan fingerprint density at radius 1 is 1.11 bits per heavy atom. The number of halogens is 2. The number of hydrogen-bond donors (Lipinski definition) is 1.